The second-order valence-corrected chi connectivity index (χ2v) is 7.94. The third-order valence-corrected chi connectivity index (χ3v) is 6.26. The first-order chi connectivity index (χ1) is 13.5. The number of rotatable bonds is 6. The minimum atomic E-state index is -0.925. The van der Waals surface area contributed by atoms with Crippen molar-refractivity contribution < 1.29 is 19.8 Å². The van der Waals surface area contributed by atoms with Gasteiger partial charge in [-0.2, -0.15) is 0 Å². The lowest BCUT2D eigenvalue weighted by Crippen LogP contribution is -2.32. The smallest absolute Gasteiger partial charge is 0.335 e. The van der Waals surface area contributed by atoms with Crippen LogP contribution >= 0.6 is 0 Å². The van der Waals surface area contributed by atoms with Crippen molar-refractivity contribution >= 4 is 11.9 Å². The molecule has 2 aromatic rings. The number of carboxylic acids is 2. The van der Waals surface area contributed by atoms with Gasteiger partial charge >= 0.3 is 11.9 Å². The minimum absolute atomic E-state index is 0.00324. The first-order valence-electron chi connectivity index (χ1n) is 10.1. The minimum Gasteiger partial charge on any atom is -0.478 e. The largest absolute Gasteiger partial charge is 0.478 e. The van der Waals surface area contributed by atoms with Gasteiger partial charge in [0.1, 0.15) is 0 Å². The fourth-order valence-corrected chi connectivity index (χ4v) is 5.09. The zero-order valence-electron chi connectivity index (χ0n) is 16.5. The van der Waals surface area contributed by atoms with E-state index in [-0.39, 0.29) is 17.8 Å². The maximum absolute atomic E-state index is 11.9. The normalized spacial score (nSPS) is 24.6. The Balaban J connectivity index is 2.21. The predicted octanol–water partition coefficient (Wildman–Crippen LogP) is 5.80. The van der Waals surface area contributed by atoms with Crippen molar-refractivity contribution in [3.63, 3.8) is 0 Å². The van der Waals surface area contributed by atoms with Gasteiger partial charge < -0.3 is 10.2 Å². The van der Waals surface area contributed by atoms with Crippen LogP contribution in [0.3, 0.4) is 0 Å². The van der Waals surface area contributed by atoms with Gasteiger partial charge in [-0.1, -0.05) is 63.1 Å². The molecule has 148 valence electrons. The van der Waals surface area contributed by atoms with Crippen LogP contribution in [0.4, 0.5) is 0 Å². The molecule has 0 aromatic heterocycles. The van der Waals surface area contributed by atoms with Crippen LogP contribution in [0.1, 0.15) is 83.2 Å². The summed E-state index contributed by atoms with van der Waals surface area (Å²) in [6.07, 6.45) is 4.10. The Labute approximate surface area is 166 Å². The summed E-state index contributed by atoms with van der Waals surface area (Å²) < 4.78 is 0. The molecular formula is C24H28O4. The van der Waals surface area contributed by atoms with Crippen molar-refractivity contribution in [3.05, 3.63) is 70.8 Å². The maximum Gasteiger partial charge on any atom is 0.335 e. The number of aromatic carboxylic acids is 2. The fourth-order valence-electron chi connectivity index (χ4n) is 5.09. The summed E-state index contributed by atoms with van der Waals surface area (Å²) in [6.45, 7) is 4.32. The van der Waals surface area contributed by atoms with Gasteiger partial charge in [0.25, 0.3) is 0 Å². The summed E-state index contributed by atoms with van der Waals surface area (Å²) in [7, 11) is 0. The van der Waals surface area contributed by atoms with Crippen LogP contribution in [-0.4, -0.2) is 22.2 Å². The summed E-state index contributed by atoms with van der Waals surface area (Å²) in [6, 6.07) is 14.5. The standard InChI is InChI=1S/C24H28O4/c1-3-8-16-14-13-15(2)21(17-9-4-6-11-19(17)23(25)26)22(16)18-10-5-7-12-20(18)24(27)28/h4-7,9-12,15-16,21-22H,3,8,13-14H2,1-2H3,(H,25,26)(H,27,28). The molecule has 0 heterocycles. The Morgan fingerprint density at radius 3 is 1.86 bits per heavy atom. The highest BCUT2D eigenvalue weighted by atomic mass is 16.4. The van der Waals surface area contributed by atoms with Gasteiger partial charge in [-0.05, 0) is 59.8 Å². The van der Waals surface area contributed by atoms with Crippen molar-refractivity contribution in [1.82, 2.24) is 0 Å². The van der Waals surface area contributed by atoms with E-state index in [1.807, 2.05) is 24.3 Å². The highest BCUT2D eigenvalue weighted by Gasteiger charge is 2.41. The van der Waals surface area contributed by atoms with E-state index < -0.39 is 11.9 Å². The molecule has 1 aliphatic carbocycles. The average Bonchev–Trinajstić information content (AvgIpc) is 2.69. The Kier molecular flexibility index (Phi) is 6.18. The molecule has 1 fully saturated rings. The third kappa shape index (κ3) is 3.82. The molecule has 0 saturated heterocycles. The van der Waals surface area contributed by atoms with Crippen LogP contribution in [-0.2, 0) is 0 Å². The van der Waals surface area contributed by atoms with Crippen LogP contribution in [0.5, 0.6) is 0 Å². The van der Waals surface area contributed by atoms with Crippen molar-refractivity contribution in [2.75, 3.05) is 0 Å². The Morgan fingerprint density at radius 1 is 0.857 bits per heavy atom. The quantitative estimate of drug-likeness (QED) is 0.664. The Hall–Kier alpha value is -2.62. The molecule has 4 heteroatoms. The highest BCUT2D eigenvalue weighted by Crippen LogP contribution is 2.52. The lowest BCUT2D eigenvalue weighted by atomic mass is 9.60. The second-order valence-electron chi connectivity index (χ2n) is 7.94. The van der Waals surface area contributed by atoms with Gasteiger partial charge in [0.2, 0.25) is 0 Å². The second kappa shape index (κ2) is 8.59. The summed E-state index contributed by atoms with van der Waals surface area (Å²) in [4.78, 5) is 23.8. The van der Waals surface area contributed by atoms with Gasteiger partial charge in [-0.3, -0.25) is 0 Å². The topological polar surface area (TPSA) is 74.6 Å². The van der Waals surface area contributed by atoms with Gasteiger partial charge in [0.15, 0.2) is 0 Å². The molecule has 2 N–H and O–H groups in total. The zero-order valence-corrected chi connectivity index (χ0v) is 16.5. The molecule has 0 amide bonds. The molecule has 2 aromatic carbocycles. The van der Waals surface area contributed by atoms with Crippen molar-refractivity contribution in [1.29, 1.82) is 0 Å². The molecular weight excluding hydrogens is 352 g/mol. The van der Waals surface area contributed by atoms with Crippen molar-refractivity contribution in [2.24, 2.45) is 11.8 Å². The van der Waals surface area contributed by atoms with Gasteiger partial charge in [0.05, 0.1) is 11.1 Å². The van der Waals surface area contributed by atoms with Crippen LogP contribution in [0.25, 0.3) is 0 Å². The van der Waals surface area contributed by atoms with E-state index in [1.54, 1.807) is 24.3 Å². The number of benzene rings is 2. The maximum atomic E-state index is 11.9. The summed E-state index contributed by atoms with van der Waals surface area (Å²) in [5, 5.41) is 19.5. The van der Waals surface area contributed by atoms with E-state index in [0.29, 0.717) is 17.0 Å². The summed E-state index contributed by atoms with van der Waals surface area (Å²) >= 11 is 0. The molecule has 4 nitrogen and oxygen atoms in total. The number of hydrogen-bond acceptors (Lipinski definition) is 2. The molecule has 0 spiro atoms. The molecule has 0 aliphatic heterocycles. The van der Waals surface area contributed by atoms with Gasteiger partial charge in [-0.15, -0.1) is 0 Å². The Morgan fingerprint density at radius 2 is 1.36 bits per heavy atom. The van der Waals surface area contributed by atoms with Crippen LogP contribution < -0.4 is 0 Å². The molecule has 0 bridgehead atoms. The molecule has 3 rings (SSSR count). The molecule has 4 unspecified atom stereocenters. The van der Waals surface area contributed by atoms with Crippen molar-refractivity contribution in [3.8, 4) is 0 Å². The van der Waals surface area contributed by atoms with E-state index in [1.165, 1.54) is 0 Å². The number of carboxylic acid groups (broad SMARTS) is 2. The molecule has 1 aliphatic rings. The van der Waals surface area contributed by atoms with Gasteiger partial charge in [-0.25, -0.2) is 9.59 Å². The molecule has 28 heavy (non-hydrogen) atoms. The predicted molar refractivity (Wildman–Crippen MR) is 109 cm³/mol. The molecule has 1 saturated carbocycles. The van der Waals surface area contributed by atoms with E-state index in [0.717, 1.165) is 36.8 Å². The lowest BCUT2D eigenvalue weighted by Gasteiger charge is -2.44. The van der Waals surface area contributed by atoms with Gasteiger partial charge in [0, 0.05) is 0 Å². The Bertz CT molecular complexity index is 857. The van der Waals surface area contributed by atoms with Crippen molar-refractivity contribution in [2.45, 2.75) is 51.4 Å². The van der Waals surface area contributed by atoms with E-state index in [9.17, 15) is 19.8 Å². The number of carbonyl (C=O) groups is 2. The number of hydrogen-bond donors (Lipinski definition) is 2. The monoisotopic (exact) mass is 380 g/mol. The van der Waals surface area contributed by atoms with E-state index in [2.05, 4.69) is 13.8 Å². The zero-order chi connectivity index (χ0) is 20.3. The van der Waals surface area contributed by atoms with Crippen LogP contribution in [0, 0.1) is 11.8 Å². The summed E-state index contributed by atoms with van der Waals surface area (Å²) in [5.41, 5.74) is 2.33. The average molecular weight is 380 g/mol. The first-order valence-corrected chi connectivity index (χ1v) is 10.1. The van der Waals surface area contributed by atoms with E-state index in [4.69, 9.17) is 0 Å². The molecule has 0 radical (unpaired) electrons. The lowest BCUT2D eigenvalue weighted by molar-refractivity contribution is 0.0678. The van der Waals surface area contributed by atoms with Crippen LogP contribution in [0.15, 0.2) is 48.5 Å². The fraction of sp³-hybridized carbons (Fsp3) is 0.417. The summed E-state index contributed by atoms with van der Waals surface area (Å²) in [5.74, 6) is -1.25. The highest BCUT2D eigenvalue weighted by molar-refractivity contribution is 5.90. The first kappa shape index (κ1) is 20.1. The molecule has 4 atom stereocenters. The van der Waals surface area contributed by atoms with E-state index >= 15 is 0 Å². The SMILES string of the molecule is CCCC1CCC(C)C(c2ccccc2C(=O)O)C1c1ccccc1C(=O)O. The van der Waals surface area contributed by atoms with Crippen LogP contribution in [0.2, 0.25) is 0 Å². The third-order valence-electron chi connectivity index (χ3n) is 6.26.